The van der Waals surface area contributed by atoms with E-state index in [1.54, 1.807) is 13.2 Å². The zero-order valence-electron chi connectivity index (χ0n) is 12.8. The Morgan fingerprint density at radius 2 is 2.13 bits per heavy atom. The van der Waals surface area contributed by atoms with Crippen LogP contribution in [0.4, 0.5) is 0 Å². The molecule has 0 aliphatic carbocycles. The largest absolute Gasteiger partial charge is 0.454 e. The molecule has 3 rings (SSSR count). The molecule has 7 nitrogen and oxygen atoms in total. The zero-order valence-corrected chi connectivity index (χ0v) is 14.5. The monoisotopic (exact) mass is 364 g/mol. The van der Waals surface area contributed by atoms with Crippen molar-refractivity contribution in [2.24, 2.45) is 0 Å². The van der Waals surface area contributed by atoms with Gasteiger partial charge < -0.3 is 19.5 Å². The maximum Gasteiger partial charge on any atom is 0.240 e. The Morgan fingerprint density at radius 3 is 2.83 bits per heavy atom. The first kappa shape index (κ1) is 18.3. The van der Waals surface area contributed by atoms with Gasteiger partial charge in [-0.25, -0.2) is 13.1 Å². The molecule has 0 amide bonds. The van der Waals surface area contributed by atoms with Crippen LogP contribution in [0.3, 0.4) is 0 Å². The van der Waals surface area contributed by atoms with Crippen LogP contribution < -0.4 is 19.5 Å². The highest BCUT2D eigenvalue weighted by Gasteiger charge is 2.35. The molecule has 2 heterocycles. The van der Waals surface area contributed by atoms with Gasteiger partial charge in [0.2, 0.25) is 16.8 Å². The summed E-state index contributed by atoms with van der Waals surface area (Å²) >= 11 is 0. The van der Waals surface area contributed by atoms with Crippen LogP contribution in [-0.2, 0) is 14.8 Å². The quantitative estimate of drug-likeness (QED) is 0.779. The van der Waals surface area contributed by atoms with Gasteiger partial charge in [0.05, 0.1) is 17.0 Å². The average Bonchev–Trinajstić information content (AvgIpc) is 3.14. The Labute approximate surface area is 142 Å². The zero-order chi connectivity index (χ0) is 15.6. The van der Waals surface area contributed by atoms with Crippen LogP contribution in [0.2, 0.25) is 0 Å². The molecule has 2 aliphatic heterocycles. The molecule has 130 valence electrons. The molecule has 0 radical (unpaired) electrons. The van der Waals surface area contributed by atoms with Crippen LogP contribution in [0.5, 0.6) is 11.5 Å². The predicted octanol–water partition coefficient (Wildman–Crippen LogP) is 0.884. The molecule has 9 heteroatoms. The molecule has 0 bridgehead atoms. The lowest BCUT2D eigenvalue weighted by Gasteiger charge is -2.28. The van der Waals surface area contributed by atoms with E-state index in [0.29, 0.717) is 18.1 Å². The molecule has 2 N–H and O–H groups in total. The van der Waals surface area contributed by atoms with Gasteiger partial charge in [-0.05, 0) is 31.5 Å². The summed E-state index contributed by atoms with van der Waals surface area (Å²) in [5.41, 5.74) is -0.335. The molecule has 1 aromatic rings. The third-order valence-corrected chi connectivity index (χ3v) is 5.41. The third kappa shape index (κ3) is 3.89. The normalized spacial score (nSPS) is 22.8. The minimum atomic E-state index is -3.61. The lowest BCUT2D eigenvalue weighted by molar-refractivity contribution is 0.122. The number of nitrogens with one attached hydrogen (secondary N) is 2. The van der Waals surface area contributed by atoms with E-state index in [1.165, 1.54) is 12.1 Å². The molecule has 1 fully saturated rings. The van der Waals surface area contributed by atoms with E-state index in [0.717, 1.165) is 19.4 Å². The van der Waals surface area contributed by atoms with Crippen molar-refractivity contribution in [2.75, 3.05) is 33.6 Å². The number of hydrogen-bond acceptors (Lipinski definition) is 6. The number of hydrogen-bond donors (Lipinski definition) is 2. The summed E-state index contributed by atoms with van der Waals surface area (Å²) in [5, 5.41) is 3.34. The van der Waals surface area contributed by atoms with E-state index in [9.17, 15) is 8.42 Å². The van der Waals surface area contributed by atoms with Crippen molar-refractivity contribution in [3.63, 3.8) is 0 Å². The Kier molecular flexibility index (Phi) is 5.74. The van der Waals surface area contributed by atoms with Crippen LogP contribution in [0.1, 0.15) is 12.8 Å². The van der Waals surface area contributed by atoms with Crippen molar-refractivity contribution in [3.8, 4) is 11.5 Å². The molecular formula is C14H21ClN2O5S. The van der Waals surface area contributed by atoms with E-state index in [1.807, 2.05) is 0 Å². The molecular weight excluding hydrogens is 344 g/mol. The second-order valence-corrected chi connectivity index (χ2v) is 7.35. The number of benzene rings is 1. The van der Waals surface area contributed by atoms with Crippen molar-refractivity contribution in [3.05, 3.63) is 18.2 Å². The Morgan fingerprint density at radius 1 is 1.35 bits per heavy atom. The van der Waals surface area contributed by atoms with Crippen LogP contribution in [0.25, 0.3) is 0 Å². The van der Waals surface area contributed by atoms with E-state index in [-0.39, 0.29) is 36.2 Å². The standard InChI is InChI=1S/C14H20N2O5S.ClH/c1-19-9-14(5-2-6-15-14)8-16-22(17,18)11-3-4-12-13(7-11)21-10-20-12;/h3-4,7,15-16H,2,5-6,8-10H2,1H3;1H. The number of halogens is 1. The van der Waals surface area contributed by atoms with Crippen LogP contribution in [-0.4, -0.2) is 47.6 Å². The Balaban J connectivity index is 0.00000192. The lowest BCUT2D eigenvalue weighted by atomic mass is 9.99. The fraction of sp³-hybridized carbons (Fsp3) is 0.571. The fourth-order valence-corrected chi connectivity index (χ4v) is 3.97. The van der Waals surface area contributed by atoms with Gasteiger partial charge >= 0.3 is 0 Å². The SMILES string of the molecule is COCC1(CNS(=O)(=O)c2ccc3c(c2)OCO3)CCCN1.Cl. The molecule has 1 aromatic carbocycles. The van der Waals surface area contributed by atoms with Crippen molar-refractivity contribution < 1.29 is 22.6 Å². The highest BCUT2D eigenvalue weighted by atomic mass is 35.5. The molecule has 1 saturated heterocycles. The van der Waals surface area contributed by atoms with Gasteiger partial charge in [0.1, 0.15) is 0 Å². The number of rotatable bonds is 6. The van der Waals surface area contributed by atoms with Crippen LogP contribution >= 0.6 is 12.4 Å². The fourth-order valence-electron chi connectivity index (χ4n) is 2.83. The van der Waals surface area contributed by atoms with E-state index in [2.05, 4.69) is 10.0 Å². The van der Waals surface area contributed by atoms with Gasteiger partial charge in [-0.3, -0.25) is 0 Å². The second-order valence-electron chi connectivity index (χ2n) is 5.58. The van der Waals surface area contributed by atoms with Gasteiger partial charge in [-0.2, -0.15) is 0 Å². The highest BCUT2D eigenvalue weighted by Crippen LogP contribution is 2.33. The Bertz CT molecular complexity index is 647. The first-order valence-corrected chi connectivity index (χ1v) is 8.66. The van der Waals surface area contributed by atoms with E-state index < -0.39 is 10.0 Å². The topological polar surface area (TPSA) is 85.9 Å². The molecule has 0 aromatic heterocycles. The van der Waals surface area contributed by atoms with Crippen molar-refractivity contribution >= 4 is 22.4 Å². The molecule has 1 atom stereocenters. The van der Waals surface area contributed by atoms with Gasteiger partial charge in [0.25, 0.3) is 0 Å². The van der Waals surface area contributed by atoms with Gasteiger partial charge in [-0.1, -0.05) is 0 Å². The second kappa shape index (κ2) is 7.23. The maximum absolute atomic E-state index is 12.5. The molecule has 23 heavy (non-hydrogen) atoms. The molecule has 1 unspecified atom stereocenters. The minimum absolute atomic E-state index is 0. The van der Waals surface area contributed by atoms with Gasteiger partial charge in [0, 0.05) is 19.7 Å². The summed E-state index contributed by atoms with van der Waals surface area (Å²) in [4.78, 5) is 0.169. The summed E-state index contributed by atoms with van der Waals surface area (Å²) in [6, 6.07) is 4.60. The Hall–Kier alpha value is -1.06. The maximum atomic E-state index is 12.5. The summed E-state index contributed by atoms with van der Waals surface area (Å²) in [7, 11) is -1.99. The summed E-state index contributed by atoms with van der Waals surface area (Å²) in [6.45, 7) is 1.75. The van der Waals surface area contributed by atoms with E-state index in [4.69, 9.17) is 14.2 Å². The smallest absolute Gasteiger partial charge is 0.240 e. The van der Waals surface area contributed by atoms with Crippen molar-refractivity contribution in [1.82, 2.24) is 10.0 Å². The molecule has 0 saturated carbocycles. The number of ether oxygens (including phenoxy) is 3. The first-order valence-electron chi connectivity index (χ1n) is 7.18. The van der Waals surface area contributed by atoms with Crippen molar-refractivity contribution in [1.29, 1.82) is 0 Å². The summed E-state index contributed by atoms with van der Waals surface area (Å²) < 4.78 is 43.2. The van der Waals surface area contributed by atoms with E-state index >= 15 is 0 Å². The third-order valence-electron chi connectivity index (χ3n) is 4.01. The van der Waals surface area contributed by atoms with Crippen molar-refractivity contribution in [2.45, 2.75) is 23.3 Å². The first-order chi connectivity index (χ1) is 10.5. The predicted molar refractivity (Wildman–Crippen MR) is 86.8 cm³/mol. The van der Waals surface area contributed by atoms with Crippen LogP contribution in [0.15, 0.2) is 23.1 Å². The molecule has 0 spiro atoms. The number of sulfonamides is 1. The summed E-state index contributed by atoms with van der Waals surface area (Å²) in [5.74, 6) is 1.01. The number of methoxy groups -OCH3 is 1. The minimum Gasteiger partial charge on any atom is -0.454 e. The van der Waals surface area contributed by atoms with Crippen LogP contribution in [0, 0.1) is 0 Å². The molecule has 2 aliphatic rings. The lowest BCUT2D eigenvalue weighted by Crippen LogP contribution is -2.52. The van der Waals surface area contributed by atoms with Gasteiger partial charge in [-0.15, -0.1) is 12.4 Å². The average molecular weight is 365 g/mol. The van der Waals surface area contributed by atoms with Gasteiger partial charge in [0.15, 0.2) is 11.5 Å². The highest BCUT2D eigenvalue weighted by molar-refractivity contribution is 7.89. The number of fused-ring (bicyclic) bond motifs is 1. The summed E-state index contributed by atoms with van der Waals surface area (Å²) in [6.07, 6.45) is 1.89.